The molecule has 0 radical (unpaired) electrons. The molecule has 0 unspecified atom stereocenters. The number of nitrogens with zero attached hydrogens (tertiary/aromatic N) is 1. The van der Waals surface area contributed by atoms with Gasteiger partial charge in [0, 0.05) is 24.3 Å². The number of aromatic hydroxyl groups is 3. The van der Waals surface area contributed by atoms with E-state index in [9.17, 15) is 20.4 Å². The Hall–Kier alpha value is -2.40. The van der Waals surface area contributed by atoms with E-state index >= 15 is 0 Å². The molecule has 1 atom stereocenters. The number of hydrogen-bond donors (Lipinski definition) is 4. The molecule has 118 valence electrons. The van der Waals surface area contributed by atoms with Gasteiger partial charge in [-0.05, 0) is 55.8 Å². The summed E-state index contributed by atoms with van der Waals surface area (Å²) in [6, 6.07) is 11.0. The van der Waals surface area contributed by atoms with E-state index in [1.165, 1.54) is 18.2 Å². The molecule has 0 heterocycles. The van der Waals surface area contributed by atoms with E-state index in [0.29, 0.717) is 12.1 Å². The molecule has 22 heavy (non-hydrogen) atoms. The Morgan fingerprint density at radius 2 is 1.41 bits per heavy atom. The fourth-order valence-corrected chi connectivity index (χ4v) is 2.36. The van der Waals surface area contributed by atoms with Crippen molar-refractivity contribution >= 4 is 5.69 Å². The van der Waals surface area contributed by atoms with Crippen LogP contribution in [-0.4, -0.2) is 33.0 Å². The van der Waals surface area contributed by atoms with Gasteiger partial charge < -0.3 is 25.3 Å². The van der Waals surface area contributed by atoms with E-state index < -0.39 is 6.10 Å². The quantitative estimate of drug-likeness (QED) is 0.682. The van der Waals surface area contributed by atoms with E-state index in [1.807, 2.05) is 18.7 Å². The van der Waals surface area contributed by atoms with Gasteiger partial charge in [0.1, 0.15) is 17.2 Å². The zero-order chi connectivity index (χ0) is 16.3. The van der Waals surface area contributed by atoms with E-state index in [2.05, 4.69) is 0 Å². The van der Waals surface area contributed by atoms with Crippen LogP contribution in [0.4, 0.5) is 5.69 Å². The molecule has 0 aromatic heterocycles. The highest BCUT2D eigenvalue weighted by Gasteiger charge is 2.18. The van der Waals surface area contributed by atoms with Gasteiger partial charge in [-0.15, -0.1) is 0 Å². The largest absolute Gasteiger partial charge is 0.508 e. The summed E-state index contributed by atoms with van der Waals surface area (Å²) in [6.07, 6.45) is -0.866. The molecule has 4 N–H and O–H groups in total. The first kappa shape index (κ1) is 16.0. The molecule has 0 fully saturated rings. The van der Waals surface area contributed by atoms with Crippen LogP contribution < -0.4 is 4.90 Å². The summed E-state index contributed by atoms with van der Waals surface area (Å²) in [5.41, 5.74) is 1.32. The lowest BCUT2D eigenvalue weighted by atomic mass is 10.1. The molecular formula is C17H21NO4. The zero-order valence-electron chi connectivity index (χ0n) is 12.6. The van der Waals surface area contributed by atoms with Gasteiger partial charge in [0.05, 0.1) is 6.10 Å². The molecule has 0 spiro atoms. The number of phenolic OH excluding ortho intramolecular Hbond substituents is 3. The van der Waals surface area contributed by atoms with Gasteiger partial charge in [-0.1, -0.05) is 0 Å². The Morgan fingerprint density at radius 3 is 1.91 bits per heavy atom. The predicted molar refractivity (Wildman–Crippen MR) is 85.3 cm³/mol. The molecule has 0 amide bonds. The minimum absolute atomic E-state index is 0.0882. The van der Waals surface area contributed by atoms with Gasteiger partial charge in [-0.25, -0.2) is 0 Å². The molecule has 0 saturated carbocycles. The second kappa shape index (κ2) is 6.58. The first-order valence-corrected chi connectivity index (χ1v) is 7.13. The van der Waals surface area contributed by atoms with Crippen molar-refractivity contribution in [1.82, 2.24) is 0 Å². The van der Waals surface area contributed by atoms with Gasteiger partial charge in [-0.3, -0.25) is 0 Å². The fourth-order valence-electron chi connectivity index (χ4n) is 2.36. The van der Waals surface area contributed by atoms with Gasteiger partial charge in [-0.2, -0.15) is 0 Å². The molecule has 2 aromatic rings. The third kappa shape index (κ3) is 3.83. The van der Waals surface area contributed by atoms with Crippen molar-refractivity contribution in [2.24, 2.45) is 0 Å². The second-order valence-corrected chi connectivity index (χ2v) is 5.56. The SMILES string of the molecule is CC(C)N(C[C@H](O)c1cc(O)cc(O)c1)c1ccc(O)cc1. The normalized spacial score (nSPS) is 12.4. The van der Waals surface area contributed by atoms with E-state index in [4.69, 9.17) is 0 Å². The Labute approximate surface area is 129 Å². The van der Waals surface area contributed by atoms with Gasteiger partial charge in [0.2, 0.25) is 0 Å². The Balaban J connectivity index is 2.22. The minimum atomic E-state index is -0.866. The lowest BCUT2D eigenvalue weighted by molar-refractivity contribution is 0.180. The topological polar surface area (TPSA) is 84.2 Å². The van der Waals surface area contributed by atoms with Crippen LogP contribution in [0.25, 0.3) is 0 Å². The summed E-state index contributed by atoms with van der Waals surface area (Å²) in [7, 11) is 0. The highest BCUT2D eigenvalue weighted by molar-refractivity contribution is 5.50. The summed E-state index contributed by atoms with van der Waals surface area (Å²) in [5.74, 6) is 0.00969. The monoisotopic (exact) mass is 303 g/mol. The number of aliphatic hydroxyl groups is 1. The second-order valence-electron chi connectivity index (χ2n) is 5.56. The maximum Gasteiger partial charge on any atom is 0.119 e. The van der Waals surface area contributed by atoms with Gasteiger partial charge in [0.25, 0.3) is 0 Å². The molecule has 2 rings (SSSR count). The maximum atomic E-state index is 10.4. The lowest BCUT2D eigenvalue weighted by Crippen LogP contribution is -2.34. The molecule has 0 aliphatic heterocycles. The Kier molecular flexibility index (Phi) is 4.78. The van der Waals surface area contributed by atoms with Crippen molar-refractivity contribution in [3.63, 3.8) is 0 Å². The summed E-state index contributed by atoms with van der Waals surface area (Å²) < 4.78 is 0. The molecule has 2 aromatic carbocycles. The third-order valence-corrected chi connectivity index (χ3v) is 3.48. The molecule has 0 bridgehead atoms. The van der Waals surface area contributed by atoms with Crippen LogP contribution in [0.3, 0.4) is 0 Å². The number of anilines is 1. The standard InChI is InChI=1S/C17H21NO4/c1-11(2)18(13-3-5-14(19)6-4-13)10-17(22)12-7-15(20)9-16(21)8-12/h3-9,11,17,19-22H,10H2,1-2H3/t17-/m0/s1. The van der Waals surface area contributed by atoms with Crippen LogP contribution in [0.5, 0.6) is 17.2 Å². The van der Waals surface area contributed by atoms with Gasteiger partial charge in [0.15, 0.2) is 0 Å². The molecular weight excluding hydrogens is 282 g/mol. The first-order chi connectivity index (χ1) is 10.4. The molecule has 5 heteroatoms. The molecule has 0 aliphatic carbocycles. The van der Waals surface area contributed by atoms with Crippen LogP contribution in [0.1, 0.15) is 25.5 Å². The summed E-state index contributed by atoms with van der Waals surface area (Å²) in [4.78, 5) is 1.98. The van der Waals surface area contributed by atoms with Crippen molar-refractivity contribution in [3.8, 4) is 17.2 Å². The average Bonchev–Trinajstić information content (AvgIpc) is 2.44. The van der Waals surface area contributed by atoms with Crippen molar-refractivity contribution in [2.75, 3.05) is 11.4 Å². The van der Waals surface area contributed by atoms with Crippen molar-refractivity contribution in [3.05, 3.63) is 48.0 Å². The Morgan fingerprint density at radius 1 is 0.864 bits per heavy atom. The average molecular weight is 303 g/mol. The van der Waals surface area contributed by atoms with Crippen LogP contribution in [0.15, 0.2) is 42.5 Å². The first-order valence-electron chi connectivity index (χ1n) is 7.13. The van der Waals surface area contributed by atoms with Crippen LogP contribution >= 0.6 is 0 Å². The van der Waals surface area contributed by atoms with E-state index in [1.54, 1.807) is 24.3 Å². The predicted octanol–water partition coefficient (Wildman–Crippen LogP) is 2.75. The minimum Gasteiger partial charge on any atom is -0.508 e. The van der Waals surface area contributed by atoms with E-state index in [0.717, 1.165) is 5.69 Å². The smallest absolute Gasteiger partial charge is 0.119 e. The maximum absolute atomic E-state index is 10.4. The van der Waals surface area contributed by atoms with Crippen LogP contribution in [0, 0.1) is 0 Å². The molecule has 5 nitrogen and oxygen atoms in total. The summed E-state index contributed by atoms with van der Waals surface area (Å²) in [6.45, 7) is 4.30. The third-order valence-electron chi connectivity index (χ3n) is 3.48. The molecule has 0 aliphatic rings. The highest BCUT2D eigenvalue weighted by Crippen LogP contribution is 2.28. The number of hydrogen-bond acceptors (Lipinski definition) is 5. The van der Waals surface area contributed by atoms with Gasteiger partial charge >= 0.3 is 0 Å². The van der Waals surface area contributed by atoms with Crippen molar-refractivity contribution in [1.29, 1.82) is 0 Å². The summed E-state index contributed by atoms with van der Waals surface area (Å²) in [5, 5.41) is 38.8. The Bertz CT molecular complexity index is 605. The number of benzene rings is 2. The number of aliphatic hydroxyl groups excluding tert-OH is 1. The van der Waals surface area contributed by atoms with Crippen LogP contribution in [0.2, 0.25) is 0 Å². The number of phenols is 3. The van der Waals surface area contributed by atoms with Crippen LogP contribution in [-0.2, 0) is 0 Å². The highest BCUT2D eigenvalue weighted by atomic mass is 16.3. The van der Waals surface area contributed by atoms with Crippen molar-refractivity contribution < 1.29 is 20.4 Å². The lowest BCUT2D eigenvalue weighted by Gasteiger charge is -2.31. The summed E-state index contributed by atoms with van der Waals surface area (Å²) >= 11 is 0. The number of rotatable bonds is 5. The molecule has 0 saturated heterocycles. The fraction of sp³-hybridized carbons (Fsp3) is 0.294. The van der Waals surface area contributed by atoms with E-state index in [-0.39, 0.29) is 23.3 Å². The zero-order valence-corrected chi connectivity index (χ0v) is 12.6. The van der Waals surface area contributed by atoms with Crippen molar-refractivity contribution in [2.45, 2.75) is 26.0 Å².